The van der Waals surface area contributed by atoms with Gasteiger partial charge in [0, 0.05) is 25.2 Å². The van der Waals surface area contributed by atoms with Gasteiger partial charge in [0.2, 0.25) is 23.8 Å². The molecule has 0 aliphatic carbocycles. The van der Waals surface area contributed by atoms with Crippen molar-refractivity contribution in [3.8, 4) is 0 Å². The molecule has 174 valence electrons. The summed E-state index contributed by atoms with van der Waals surface area (Å²) in [7, 11) is 0. The quantitative estimate of drug-likeness (QED) is 0.155. The van der Waals surface area contributed by atoms with Gasteiger partial charge in [-0.05, 0) is 25.7 Å². The van der Waals surface area contributed by atoms with Crippen LogP contribution in [0.25, 0.3) is 0 Å². The molecule has 33 heavy (non-hydrogen) atoms. The smallest absolute Gasteiger partial charge is 0.550 e. The molecule has 0 saturated heterocycles. The van der Waals surface area contributed by atoms with Gasteiger partial charge in [0.15, 0.2) is 5.78 Å². The molecule has 2 rings (SSSR count). The van der Waals surface area contributed by atoms with E-state index in [0.29, 0.717) is 0 Å². The van der Waals surface area contributed by atoms with Crippen molar-refractivity contribution in [1.29, 1.82) is 0 Å². The first-order valence-corrected chi connectivity index (χ1v) is 9.73. The van der Waals surface area contributed by atoms with Crippen molar-refractivity contribution in [2.75, 3.05) is 0 Å². The number of nitrogens with zero attached hydrogens (tertiary/aromatic N) is 4. The number of nitrogens with one attached hydrogen (secondary N) is 2. The first-order valence-electron chi connectivity index (χ1n) is 9.73. The molecule has 5 N–H and O–H groups in total. The maximum absolute atomic E-state index is 12.7. The summed E-state index contributed by atoms with van der Waals surface area (Å²) < 4.78 is 0. The van der Waals surface area contributed by atoms with Crippen molar-refractivity contribution in [2.24, 2.45) is 26.2 Å². The molecular formula is C17H22N7NaO8. The molecule has 2 amide bonds. The van der Waals surface area contributed by atoms with Gasteiger partial charge in [-0.25, -0.2) is 0 Å². The van der Waals surface area contributed by atoms with Crippen LogP contribution in [-0.2, 0) is 28.8 Å². The van der Waals surface area contributed by atoms with Crippen LogP contribution in [0.5, 0.6) is 0 Å². The second kappa shape index (κ2) is 12.6. The second-order valence-electron chi connectivity index (χ2n) is 7.22. The summed E-state index contributed by atoms with van der Waals surface area (Å²) in [5, 5.41) is 37.9. The minimum Gasteiger partial charge on any atom is -0.550 e. The Hall–Kier alpha value is -2.62. The summed E-state index contributed by atoms with van der Waals surface area (Å²) >= 11 is 0. The van der Waals surface area contributed by atoms with Crippen LogP contribution in [0.4, 0.5) is 0 Å². The van der Waals surface area contributed by atoms with Gasteiger partial charge < -0.3 is 31.4 Å². The van der Waals surface area contributed by atoms with E-state index in [9.17, 15) is 33.9 Å². The van der Waals surface area contributed by atoms with Crippen molar-refractivity contribution >= 4 is 35.3 Å². The third-order valence-electron chi connectivity index (χ3n) is 4.62. The number of rotatable bonds is 16. The Kier molecular flexibility index (Phi) is 10.8. The van der Waals surface area contributed by atoms with E-state index < -0.39 is 53.6 Å². The predicted octanol–water partition coefficient (Wildman–Crippen LogP) is -5.47. The monoisotopic (exact) mass is 475 g/mol. The minimum atomic E-state index is -1.86. The van der Waals surface area contributed by atoms with Crippen LogP contribution in [0.2, 0.25) is 0 Å². The van der Waals surface area contributed by atoms with Crippen LogP contribution in [0, 0.1) is 0 Å². The summed E-state index contributed by atoms with van der Waals surface area (Å²) in [4.78, 5) is 70.1. The molecule has 2 aliphatic rings. The molecule has 16 heteroatoms. The van der Waals surface area contributed by atoms with Crippen LogP contribution in [0.15, 0.2) is 20.5 Å². The zero-order chi connectivity index (χ0) is 23.9. The fourth-order valence-electron chi connectivity index (χ4n) is 2.63. The number of hydrogen-bond donors (Lipinski definition) is 4. The molecule has 0 aromatic rings. The van der Waals surface area contributed by atoms with E-state index in [-0.39, 0.29) is 80.3 Å². The number of carbonyl (C=O) groups excluding carboxylic acids is 5. The van der Waals surface area contributed by atoms with Gasteiger partial charge in [0.25, 0.3) is 0 Å². The molecule has 0 aromatic carbocycles. The van der Waals surface area contributed by atoms with Crippen molar-refractivity contribution in [1.82, 2.24) is 10.6 Å². The predicted molar refractivity (Wildman–Crippen MR) is 99.3 cm³/mol. The summed E-state index contributed by atoms with van der Waals surface area (Å²) in [5.74, 6) is -7.01. The molecule has 2 atom stereocenters. The van der Waals surface area contributed by atoms with Crippen LogP contribution >= 0.6 is 0 Å². The molecule has 0 spiro atoms. The number of hydrogen-bond acceptors (Lipinski definition) is 12. The molecular weight excluding hydrogens is 453 g/mol. The Bertz CT molecular complexity index is 865. The minimum absolute atomic E-state index is 0. The second-order valence-corrected chi connectivity index (χ2v) is 7.22. The van der Waals surface area contributed by atoms with Gasteiger partial charge in [-0.15, -0.1) is 10.2 Å². The van der Waals surface area contributed by atoms with Crippen molar-refractivity contribution in [3.63, 3.8) is 0 Å². The number of ketones is 2. The van der Waals surface area contributed by atoms with Gasteiger partial charge in [0.1, 0.15) is 12.1 Å². The van der Waals surface area contributed by atoms with Gasteiger partial charge in [0.05, 0.1) is 0 Å². The van der Waals surface area contributed by atoms with Gasteiger partial charge in [-0.3, -0.25) is 24.0 Å². The standard InChI is InChI=1S/C17H23N7O8.Na/c18-8(16(31)32)4-7-12(27)19-9(5-6-10(25)14-21-22-14)15(30)20-17(23-24-17)11(26)2-1-3-13(28)29;/h8-9,14H,1-7,18H2,(H,19,27)(H,20,30)(H,28,29)(H,31,32);/q;+1/p-1. The number of carboxylic acids is 2. The Morgan fingerprint density at radius 1 is 1.00 bits per heavy atom. The van der Waals surface area contributed by atoms with E-state index >= 15 is 0 Å². The fourth-order valence-corrected chi connectivity index (χ4v) is 2.63. The summed E-state index contributed by atoms with van der Waals surface area (Å²) in [6.07, 6.45) is -2.16. The average molecular weight is 475 g/mol. The van der Waals surface area contributed by atoms with E-state index in [2.05, 4.69) is 31.1 Å². The molecule has 2 aliphatic heterocycles. The molecule has 15 nitrogen and oxygen atoms in total. The maximum atomic E-state index is 12.7. The van der Waals surface area contributed by atoms with Crippen LogP contribution in [0.1, 0.15) is 44.9 Å². The van der Waals surface area contributed by atoms with Crippen molar-refractivity contribution in [3.05, 3.63) is 0 Å². The number of nitrogens with two attached hydrogens (primary N) is 1. The molecule has 0 saturated carbocycles. The number of Topliss-reactive ketones (excluding diaryl/α,β-unsaturated/α-hetero) is 2. The van der Waals surface area contributed by atoms with Crippen molar-refractivity contribution in [2.45, 2.75) is 69.0 Å². The van der Waals surface area contributed by atoms with E-state index in [0.717, 1.165) is 0 Å². The molecule has 0 aromatic heterocycles. The summed E-state index contributed by atoms with van der Waals surface area (Å²) in [6.45, 7) is 0. The third-order valence-corrected chi connectivity index (χ3v) is 4.62. The van der Waals surface area contributed by atoms with Gasteiger partial charge >= 0.3 is 41.3 Å². The molecule has 2 unspecified atom stereocenters. The van der Waals surface area contributed by atoms with Crippen LogP contribution < -0.4 is 51.0 Å². The normalized spacial score (nSPS) is 16.6. The van der Waals surface area contributed by atoms with Crippen LogP contribution in [0.3, 0.4) is 0 Å². The fraction of sp³-hybridized carbons (Fsp3) is 0.647. The molecule has 2 heterocycles. The number of aliphatic carboxylic acids is 2. The van der Waals surface area contributed by atoms with E-state index in [1.165, 1.54) is 0 Å². The first kappa shape index (κ1) is 28.4. The number of carbonyl (C=O) groups is 6. The SMILES string of the molecule is NC(CCC(=O)NC(CCC(=O)C1N=N1)C(=O)NC1(C(=O)CCCC(=O)[O-])N=N1)C(=O)O.[Na+]. The number of carboxylic acid groups (broad SMARTS) is 2. The van der Waals surface area contributed by atoms with Gasteiger partial charge in [-0.1, -0.05) is 0 Å². The zero-order valence-corrected chi connectivity index (χ0v) is 19.9. The van der Waals surface area contributed by atoms with Crippen LogP contribution in [-0.4, -0.2) is 64.5 Å². The largest absolute Gasteiger partial charge is 1.00 e. The molecule has 0 radical (unpaired) electrons. The van der Waals surface area contributed by atoms with Crippen molar-refractivity contribution < 1.29 is 68.5 Å². The van der Waals surface area contributed by atoms with E-state index in [1.54, 1.807) is 0 Å². The van der Waals surface area contributed by atoms with E-state index in [1.807, 2.05) is 0 Å². The van der Waals surface area contributed by atoms with Gasteiger partial charge in [-0.2, -0.15) is 10.2 Å². The summed E-state index contributed by atoms with van der Waals surface area (Å²) in [6, 6.07) is -2.52. The molecule has 0 fully saturated rings. The first-order chi connectivity index (χ1) is 15.0. The Morgan fingerprint density at radius 3 is 2.15 bits per heavy atom. The summed E-state index contributed by atoms with van der Waals surface area (Å²) in [5.41, 5.74) is 5.35. The molecule has 0 bridgehead atoms. The third kappa shape index (κ3) is 9.41. The van der Waals surface area contributed by atoms with E-state index in [4.69, 9.17) is 10.8 Å². The average Bonchev–Trinajstić information content (AvgIpc) is 3.63. The maximum Gasteiger partial charge on any atom is 1.00 e. The Balaban J connectivity index is 0.00000544. The number of amides is 2. The Labute approximate surface area is 209 Å². The zero-order valence-electron chi connectivity index (χ0n) is 17.9. The topological polar surface area (TPSA) is 245 Å². The Morgan fingerprint density at radius 2 is 1.64 bits per heavy atom.